The lowest BCUT2D eigenvalue weighted by molar-refractivity contribution is 0.0951. The summed E-state index contributed by atoms with van der Waals surface area (Å²) in [6, 6.07) is 5.49. The molecule has 4 rings (SSSR count). The summed E-state index contributed by atoms with van der Waals surface area (Å²) in [6.45, 7) is 2.00. The minimum Gasteiger partial charge on any atom is -0.352 e. The average Bonchev–Trinajstić information content (AvgIpc) is 3.33. The molecule has 30 heavy (non-hydrogen) atoms. The number of fused-ring (bicyclic) bond motifs is 1. The summed E-state index contributed by atoms with van der Waals surface area (Å²) < 4.78 is 30.5. The van der Waals surface area contributed by atoms with Gasteiger partial charge in [0.1, 0.15) is 17.5 Å². The van der Waals surface area contributed by atoms with Gasteiger partial charge >= 0.3 is 0 Å². The van der Waals surface area contributed by atoms with Crippen LogP contribution in [0.1, 0.15) is 28.7 Å². The number of H-pyrrole nitrogens is 1. The second-order valence-corrected chi connectivity index (χ2v) is 7.07. The van der Waals surface area contributed by atoms with Gasteiger partial charge in [0.15, 0.2) is 5.82 Å². The van der Waals surface area contributed by atoms with Crippen molar-refractivity contribution in [3.05, 3.63) is 64.1 Å². The number of amides is 1. The Morgan fingerprint density at radius 1 is 1.27 bits per heavy atom. The molecule has 2 aromatic carbocycles. The molecule has 1 amide bonds. The van der Waals surface area contributed by atoms with Gasteiger partial charge in [-0.25, -0.2) is 13.8 Å². The Labute approximate surface area is 175 Å². The first kappa shape index (κ1) is 20.0. The van der Waals surface area contributed by atoms with Crippen molar-refractivity contribution in [3.8, 4) is 11.4 Å². The maximum absolute atomic E-state index is 14.6. The molecular formula is C20H17ClF2N6O. The van der Waals surface area contributed by atoms with Crippen LogP contribution in [0.25, 0.3) is 22.3 Å². The van der Waals surface area contributed by atoms with E-state index in [1.165, 1.54) is 4.68 Å². The highest BCUT2D eigenvalue weighted by molar-refractivity contribution is 6.36. The Kier molecular flexibility index (Phi) is 5.21. The van der Waals surface area contributed by atoms with Crippen LogP contribution in [0, 0.1) is 11.6 Å². The van der Waals surface area contributed by atoms with E-state index in [0.29, 0.717) is 23.8 Å². The highest BCUT2D eigenvalue weighted by Gasteiger charge is 2.20. The van der Waals surface area contributed by atoms with E-state index in [1.807, 2.05) is 12.1 Å². The molecule has 0 atom stereocenters. The average molecular weight is 431 g/mol. The number of carbonyl (C=O) groups excluding carboxylic acids is 1. The van der Waals surface area contributed by atoms with E-state index in [0.717, 1.165) is 28.6 Å². The third kappa shape index (κ3) is 3.52. The van der Waals surface area contributed by atoms with Crippen LogP contribution in [0.15, 0.2) is 30.5 Å². The first-order valence-electron chi connectivity index (χ1n) is 9.17. The molecule has 2 heterocycles. The molecule has 0 fully saturated rings. The third-order valence-corrected chi connectivity index (χ3v) is 5.17. The van der Waals surface area contributed by atoms with Crippen molar-refractivity contribution in [2.45, 2.75) is 13.3 Å². The van der Waals surface area contributed by atoms with Crippen LogP contribution in [-0.2, 0) is 13.5 Å². The van der Waals surface area contributed by atoms with E-state index in [4.69, 9.17) is 11.6 Å². The topological polar surface area (TPSA) is 88.5 Å². The van der Waals surface area contributed by atoms with E-state index in [1.54, 1.807) is 20.2 Å². The van der Waals surface area contributed by atoms with Gasteiger partial charge in [0.05, 0.1) is 27.9 Å². The molecule has 2 N–H and O–H groups in total. The van der Waals surface area contributed by atoms with Gasteiger partial charge in [-0.2, -0.15) is 10.2 Å². The Morgan fingerprint density at radius 3 is 2.83 bits per heavy atom. The lowest BCUT2D eigenvalue weighted by atomic mass is 10.1. The van der Waals surface area contributed by atoms with Crippen molar-refractivity contribution >= 4 is 28.4 Å². The quantitative estimate of drug-likeness (QED) is 0.506. The van der Waals surface area contributed by atoms with E-state index in [2.05, 4.69) is 25.6 Å². The fourth-order valence-corrected chi connectivity index (χ4v) is 3.45. The van der Waals surface area contributed by atoms with E-state index >= 15 is 0 Å². The molecule has 10 heteroatoms. The Balaban J connectivity index is 1.68. The predicted octanol–water partition coefficient (Wildman–Crippen LogP) is 3.63. The molecule has 154 valence electrons. The Morgan fingerprint density at radius 2 is 2.07 bits per heavy atom. The summed E-state index contributed by atoms with van der Waals surface area (Å²) in [5, 5.41) is 14.8. The van der Waals surface area contributed by atoms with Crippen molar-refractivity contribution in [1.29, 1.82) is 0 Å². The number of hydrogen-bond donors (Lipinski definition) is 2. The minimum atomic E-state index is -0.847. The summed E-state index contributed by atoms with van der Waals surface area (Å²) in [5.41, 5.74) is 1.12. The molecule has 0 aliphatic heterocycles. The van der Waals surface area contributed by atoms with Gasteiger partial charge in [0.25, 0.3) is 5.91 Å². The van der Waals surface area contributed by atoms with Crippen LogP contribution < -0.4 is 5.32 Å². The van der Waals surface area contributed by atoms with Crippen LogP contribution >= 0.6 is 11.6 Å². The normalized spacial score (nSPS) is 11.2. The van der Waals surface area contributed by atoms with Crippen LogP contribution in [0.2, 0.25) is 5.02 Å². The number of hydrogen-bond acceptors (Lipinski definition) is 4. The smallest absolute Gasteiger partial charge is 0.254 e. The molecule has 0 saturated carbocycles. The molecule has 2 aromatic heterocycles. The van der Waals surface area contributed by atoms with Crippen molar-refractivity contribution in [2.24, 2.45) is 7.05 Å². The summed E-state index contributed by atoms with van der Waals surface area (Å²) in [6.07, 6.45) is 1.97. The van der Waals surface area contributed by atoms with Gasteiger partial charge in [-0.1, -0.05) is 17.7 Å². The maximum Gasteiger partial charge on any atom is 0.254 e. The maximum atomic E-state index is 14.6. The Hall–Kier alpha value is -3.33. The number of rotatable bonds is 5. The number of carbonyl (C=O) groups is 1. The van der Waals surface area contributed by atoms with Gasteiger partial charge in [0, 0.05) is 25.4 Å². The minimum absolute atomic E-state index is 0.0202. The number of aromatic nitrogens is 5. The van der Waals surface area contributed by atoms with Crippen LogP contribution in [0.4, 0.5) is 8.78 Å². The highest BCUT2D eigenvalue weighted by Crippen LogP contribution is 2.28. The number of nitrogens with zero attached hydrogens (tertiary/aromatic N) is 4. The fourth-order valence-electron chi connectivity index (χ4n) is 3.17. The van der Waals surface area contributed by atoms with E-state index < -0.39 is 17.5 Å². The van der Waals surface area contributed by atoms with Crippen LogP contribution in [0.3, 0.4) is 0 Å². The summed E-state index contributed by atoms with van der Waals surface area (Å²) >= 11 is 6.46. The molecule has 0 aliphatic carbocycles. The lowest BCUT2D eigenvalue weighted by Crippen LogP contribution is -2.24. The second-order valence-electron chi connectivity index (χ2n) is 6.69. The molecule has 0 aliphatic rings. The molecule has 7 nitrogen and oxygen atoms in total. The molecular weight excluding hydrogens is 414 g/mol. The summed E-state index contributed by atoms with van der Waals surface area (Å²) in [5.74, 6) is -1.78. The number of halogens is 3. The van der Waals surface area contributed by atoms with Crippen molar-refractivity contribution < 1.29 is 13.6 Å². The van der Waals surface area contributed by atoms with E-state index in [-0.39, 0.29) is 17.0 Å². The van der Waals surface area contributed by atoms with Gasteiger partial charge in [-0.15, -0.1) is 0 Å². The summed E-state index contributed by atoms with van der Waals surface area (Å²) in [4.78, 5) is 16.2. The molecule has 0 unspecified atom stereocenters. The predicted molar refractivity (Wildman–Crippen MR) is 108 cm³/mol. The van der Waals surface area contributed by atoms with E-state index in [9.17, 15) is 13.6 Å². The van der Waals surface area contributed by atoms with Crippen molar-refractivity contribution in [2.75, 3.05) is 6.54 Å². The second kappa shape index (κ2) is 7.83. The molecule has 0 saturated heterocycles. The van der Waals surface area contributed by atoms with Gasteiger partial charge < -0.3 is 5.32 Å². The molecule has 0 radical (unpaired) electrons. The highest BCUT2D eigenvalue weighted by atomic mass is 35.5. The Bertz CT molecular complexity index is 1270. The largest absolute Gasteiger partial charge is 0.352 e. The van der Waals surface area contributed by atoms with Crippen LogP contribution in [0.5, 0.6) is 0 Å². The number of benzene rings is 2. The number of aryl methyl sites for hydroxylation is 1. The zero-order valence-electron chi connectivity index (χ0n) is 16.1. The number of nitrogens with one attached hydrogen (secondary N) is 2. The fraction of sp³-hybridized carbons (Fsp3) is 0.200. The molecule has 0 spiro atoms. The first-order valence-corrected chi connectivity index (χ1v) is 9.54. The van der Waals surface area contributed by atoms with Crippen molar-refractivity contribution in [3.63, 3.8) is 0 Å². The zero-order chi connectivity index (χ0) is 21.4. The SMILES string of the molecule is CCNC(=O)c1cc(F)c(-c2nc(Cc3ccc4[nH]ncc4c3Cl)n(C)n2)cc1F. The molecule has 0 bridgehead atoms. The third-order valence-electron chi connectivity index (χ3n) is 4.72. The first-order chi connectivity index (χ1) is 14.4. The van der Waals surface area contributed by atoms with Gasteiger partial charge in [-0.05, 0) is 30.7 Å². The van der Waals surface area contributed by atoms with Crippen LogP contribution in [-0.4, -0.2) is 37.4 Å². The number of aromatic amines is 1. The zero-order valence-corrected chi connectivity index (χ0v) is 16.9. The van der Waals surface area contributed by atoms with Gasteiger partial charge in [-0.3, -0.25) is 14.6 Å². The van der Waals surface area contributed by atoms with Gasteiger partial charge in [0.2, 0.25) is 0 Å². The standard InChI is InChI=1S/C20H17ClF2N6O/c1-3-24-20(30)12-8-14(22)11(7-15(12)23)19-26-17(29(2)28-19)6-10-4-5-16-13(18(10)21)9-25-27-16/h4-5,7-9H,3,6H2,1-2H3,(H,24,30)(H,25,27). The summed E-state index contributed by atoms with van der Waals surface area (Å²) in [7, 11) is 1.66. The monoisotopic (exact) mass is 430 g/mol. The molecule has 4 aromatic rings. The van der Waals surface area contributed by atoms with Crippen molar-refractivity contribution in [1.82, 2.24) is 30.3 Å². The lowest BCUT2D eigenvalue weighted by Gasteiger charge is -2.06.